The van der Waals surface area contributed by atoms with Gasteiger partial charge in [0.05, 0.1) is 0 Å². The van der Waals surface area contributed by atoms with Gasteiger partial charge in [-0.25, -0.2) is 0 Å². The van der Waals surface area contributed by atoms with Gasteiger partial charge in [0.25, 0.3) is 5.91 Å². The van der Waals surface area contributed by atoms with E-state index in [1.54, 1.807) is 19.0 Å². The number of carbonyl (C=O) groups is 1. The summed E-state index contributed by atoms with van der Waals surface area (Å²) in [5, 5.41) is 3.62. The maximum atomic E-state index is 11.8. The summed E-state index contributed by atoms with van der Waals surface area (Å²) in [5.41, 5.74) is 1.88. The molecule has 1 N–H and O–H groups in total. The minimum Gasteiger partial charge on any atom is -0.382 e. The van der Waals surface area contributed by atoms with Gasteiger partial charge in [-0.15, -0.1) is 0 Å². The van der Waals surface area contributed by atoms with Crippen LogP contribution in [0.2, 0.25) is 0 Å². The number of benzene rings is 1. The monoisotopic (exact) mass is 274 g/mol. The van der Waals surface area contributed by atoms with E-state index in [1.807, 2.05) is 24.3 Å². The topological polar surface area (TPSA) is 32.3 Å². The van der Waals surface area contributed by atoms with E-state index in [2.05, 4.69) is 5.32 Å². The number of anilines is 1. The van der Waals surface area contributed by atoms with Crippen LogP contribution >= 0.6 is 0 Å². The Bertz CT molecular complexity index is 417. The summed E-state index contributed by atoms with van der Waals surface area (Å²) in [6.07, 6.45) is 9.32. The van der Waals surface area contributed by atoms with Gasteiger partial charge in [-0.3, -0.25) is 4.79 Å². The maximum Gasteiger partial charge on any atom is 0.253 e. The van der Waals surface area contributed by atoms with Crippen molar-refractivity contribution < 1.29 is 4.79 Å². The first-order chi connectivity index (χ1) is 9.66. The van der Waals surface area contributed by atoms with Crippen molar-refractivity contribution >= 4 is 11.6 Å². The molecule has 1 aromatic rings. The molecule has 1 fully saturated rings. The minimum absolute atomic E-state index is 0.0579. The zero-order valence-electron chi connectivity index (χ0n) is 12.7. The van der Waals surface area contributed by atoms with Gasteiger partial charge >= 0.3 is 0 Å². The molecule has 0 aromatic heterocycles. The largest absolute Gasteiger partial charge is 0.382 e. The van der Waals surface area contributed by atoms with E-state index in [0.29, 0.717) is 6.04 Å². The molecule has 0 bridgehead atoms. The molecule has 0 radical (unpaired) electrons. The number of carbonyl (C=O) groups excluding carboxylic acids is 1. The van der Waals surface area contributed by atoms with Crippen LogP contribution in [-0.4, -0.2) is 30.9 Å². The van der Waals surface area contributed by atoms with Crippen LogP contribution < -0.4 is 5.32 Å². The van der Waals surface area contributed by atoms with E-state index >= 15 is 0 Å². The summed E-state index contributed by atoms with van der Waals surface area (Å²) in [6.45, 7) is 0. The quantitative estimate of drug-likeness (QED) is 0.906. The number of amides is 1. The predicted octanol–water partition coefficient (Wildman–Crippen LogP) is 3.91. The lowest BCUT2D eigenvalue weighted by Crippen LogP contribution is -2.22. The van der Waals surface area contributed by atoms with Crippen LogP contribution in [-0.2, 0) is 0 Å². The summed E-state index contributed by atoms with van der Waals surface area (Å²) in [7, 11) is 3.56. The number of nitrogens with one attached hydrogen (secondary N) is 1. The highest BCUT2D eigenvalue weighted by Crippen LogP contribution is 2.21. The van der Waals surface area contributed by atoms with E-state index in [0.717, 1.165) is 11.3 Å². The van der Waals surface area contributed by atoms with Crippen LogP contribution in [0.1, 0.15) is 55.3 Å². The van der Waals surface area contributed by atoms with Crippen LogP contribution in [0.3, 0.4) is 0 Å². The molecule has 2 rings (SSSR count). The summed E-state index contributed by atoms with van der Waals surface area (Å²) in [5.74, 6) is 0.0579. The van der Waals surface area contributed by atoms with Crippen molar-refractivity contribution in [2.24, 2.45) is 0 Å². The van der Waals surface area contributed by atoms with Crippen molar-refractivity contribution in [2.75, 3.05) is 19.4 Å². The first-order valence-corrected chi connectivity index (χ1v) is 7.75. The average Bonchev–Trinajstić information content (AvgIpc) is 2.41. The van der Waals surface area contributed by atoms with Gasteiger partial charge in [-0.1, -0.05) is 32.1 Å². The van der Waals surface area contributed by atoms with Crippen molar-refractivity contribution in [1.82, 2.24) is 4.90 Å². The number of hydrogen-bond acceptors (Lipinski definition) is 2. The number of rotatable bonds is 3. The first kappa shape index (κ1) is 14.9. The van der Waals surface area contributed by atoms with Crippen molar-refractivity contribution in [3.05, 3.63) is 29.8 Å². The Labute approximate surface area is 122 Å². The first-order valence-electron chi connectivity index (χ1n) is 7.75. The Morgan fingerprint density at radius 3 is 2.10 bits per heavy atom. The van der Waals surface area contributed by atoms with Crippen LogP contribution in [0.15, 0.2) is 24.3 Å². The molecule has 0 spiro atoms. The molecule has 1 amide bonds. The summed E-state index contributed by atoms with van der Waals surface area (Å²) in [4.78, 5) is 13.4. The third kappa shape index (κ3) is 4.26. The fraction of sp³-hybridized carbons (Fsp3) is 0.588. The molecule has 0 atom stereocenters. The fourth-order valence-corrected chi connectivity index (χ4v) is 2.80. The molecule has 20 heavy (non-hydrogen) atoms. The van der Waals surface area contributed by atoms with E-state index in [-0.39, 0.29) is 5.91 Å². The lowest BCUT2D eigenvalue weighted by atomic mass is 9.96. The molecule has 0 aliphatic heterocycles. The Kier molecular flexibility index (Phi) is 5.45. The molecule has 1 aliphatic carbocycles. The third-order valence-corrected chi connectivity index (χ3v) is 4.01. The average molecular weight is 274 g/mol. The van der Waals surface area contributed by atoms with Crippen LogP contribution in [0.5, 0.6) is 0 Å². The smallest absolute Gasteiger partial charge is 0.253 e. The number of nitrogens with zero attached hydrogens (tertiary/aromatic N) is 1. The van der Waals surface area contributed by atoms with Gasteiger partial charge in [0, 0.05) is 31.4 Å². The van der Waals surface area contributed by atoms with Gasteiger partial charge in [-0.2, -0.15) is 0 Å². The van der Waals surface area contributed by atoms with Crippen molar-refractivity contribution in [3.63, 3.8) is 0 Å². The lowest BCUT2D eigenvalue weighted by molar-refractivity contribution is 0.0827. The second-order valence-corrected chi connectivity index (χ2v) is 5.96. The standard InChI is InChI=1S/C17H26N2O/c1-19(2)17(20)14-10-12-16(13-11-14)18-15-8-6-4-3-5-7-9-15/h10-13,15,18H,3-9H2,1-2H3. The maximum absolute atomic E-state index is 11.8. The SMILES string of the molecule is CN(C)C(=O)c1ccc(NC2CCCCCCC2)cc1. The Morgan fingerprint density at radius 1 is 1.00 bits per heavy atom. The molecular weight excluding hydrogens is 248 g/mol. The Hall–Kier alpha value is -1.51. The van der Waals surface area contributed by atoms with E-state index in [9.17, 15) is 4.79 Å². The van der Waals surface area contributed by atoms with Gasteiger partial charge < -0.3 is 10.2 Å². The summed E-state index contributed by atoms with van der Waals surface area (Å²) in [6, 6.07) is 8.46. The Morgan fingerprint density at radius 2 is 1.55 bits per heavy atom. The summed E-state index contributed by atoms with van der Waals surface area (Å²) >= 11 is 0. The molecule has 1 aliphatic rings. The minimum atomic E-state index is 0.0579. The van der Waals surface area contributed by atoms with Gasteiger partial charge in [-0.05, 0) is 37.1 Å². The van der Waals surface area contributed by atoms with Gasteiger partial charge in [0.15, 0.2) is 0 Å². The number of hydrogen-bond donors (Lipinski definition) is 1. The van der Waals surface area contributed by atoms with E-state index in [4.69, 9.17) is 0 Å². The fourth-order valence-electron chi connectivity index (χ4n) is 2.80. The third-order valence-electron chi connectivity index (χ3n) is 4.01. The molecule has 1 aromatic carbocycles. The molecule has 0 unspecified atom stereocenters. The zero-order valence-corrected chi connectivity index (χ0v) is 12.7. The molecule has 110 valence electrons. The van der Waals surface area contributed by atoms with Crippen LogP contribution in [0.4, 0.5) is 5.69 Å². The zero-order chi connectivity index (χ0) is 14.4. The summed E-state index contributed by atoms with van der Waals surface area (Å²) < 4.78 is 0. The van der Waals surface area contributed by atoms with Crippen molar-refractivity contribution in [2.45, 2.75) is 51.0 Å². The van der Waals surface area contributed by atoms with Crippen LogP contribution in [0, 0.1) is 0 Å². The molecule has 3 nitrogen and oxygen atoms in total. The second kappa shape index (κ2) is 7.32. The van der Waals surface area contributed by atoms with Gasteiger partial charge in [0.1, 0.15) is 0 Å². The highest BCUT2D eigenvalue weighted by atomic mass is 16.2. The van der Waals surface area contributed by atoms with E-state index < -0.39 is 0 Å². The highest BCUT2D eigenvalue weighted by Gasteiger charge is 2.12. The Balaban J connectivity index is 1.94. The van der Waals surface area contributed by atoms with Crippen LogP contribution in [0.25, 0.3) is 0 Å². The molecule has 3 heteroatoms. The van der Waals surface area contributed by atoms with Crippen molar-refractivity contribution in [3.8, 4) is 0 Å². The highest BCUT2D eigenvalue weighted by molar-refractivity contribution is 5.94. The molecular formula is C17H26N2O. The lowest BCUT2D eigenvalue weighted by Gasteiger charge is -2.22. The molecule has 0 saturated heterocycles. The molecule has 1 saturated carbocycles. The second-order valence-electron chi connectivity index (χ2n) is 5.96. The van der Waals surface area contributed by atoms with E-state index in [1.165, 1.54) is 44.9 Å². The normalized spacial score (nSPS) is 17.1. The van der Waals surface area contributed by atoms with Crippen molar-refractivity contribution in [1.29, 1.82) is 0 Å². The van der Waals surface area contributed by atoms with Gasteiger partial charge in [0.2, 0.25) is 0 Å². The predicted molar refractivity (Wildman–Crippen MR) is 84.2 cm³/mol. The molecule has 0 heterocycles.